The number of para-hydroxylation sites is 1. The molecule has 26 heavy (non-hydrogen) atoms. The maximum atomic E-state index is 9.78. The van der Waals surface area contributed by atoms with Crippen LogP contribution in [0.15, 0.2) is 59.6 Å². The Morgan fingerprint density at radius 3 is 2.69 bits per heavy atom. The van der Waals surface area contributed by atoms with Crippen LogP contribution in [0, 0.1) is 0 Å². The first-order chi connectivity index (χ1) is 12.8. The molecule has 0 unspecified atom stereocenters. The fourth-order valence-corrected chi connectivity index (χ4v) is 3.03. The van der Waals surface area contributed by atoms with E-state index in [1.165, 1.54) is 0 Å². The van der Waals surface area contributed by atoms with Crippen LogP contribution in [0.5, 0.6) is 5.75 Å². The molecule has 1 atom stereocenters. The molecule has 0 aromatic heterocycles. The summed E-state index contributed by atoms with van der Waals surface area (Å²) in [5, 5.41) is 13.1. The molecule has 0 bridgehead atoms. The Morgan fingerprint density at radius 1 is 1.19 bits per heavy atom. The van der Waals surface area contributed by atoms with Crippen LogP contribution in [0.3, 0.4) is 0 Å². The van der Waals surface area contributed by atoms with Crippen LogP contribution >= 0.6 is 0 Å². The van der Waals surface area contributed by atoms with Gasteiger partial charge in [0.2, 0.25) is 0 Å². The first-order valence-corrected chi connectivity index (χ1v) is 9.22. The number of nitrogens with one attached hydrogen (secondary N) is 1. The molecule has 0 radical (unpaired) electrons. The molecule has 2 aromatic carbocycles. The highest BCUT2D eigenvalue weighted by Crippen LogP contribution is 2.20. The number of aliphatic hydroxyl groups is 1. The van der Waals surface area contributed by atoms with Gasteiger partial charge in [0, 0.05) is 25.2 Å². The second-order valence-corrected chi connectivity index (χ2v) is 6.44. The minimum atomic E-state index is -0.264. The lowest BCUT2D eigenvalue weighted by Crippen LogP contribution is -2.40. The number of nitrogens with zero attached hydrogens (tertiary/aromatic N) is 2. The standard InChI is InChI=1S/C21H27N3O2/c1-2-22-21(24-13-12-19(25)15-24)23-14-18-10-6-7-11-20(18)26-16-17-8-4-3-5-9-17/h3-11,19,25H,2,12-16H2,1H3,(H,22,23)/t19-/m1/s1. The second-order valence-electron chi connectivity index (χ2n) is 6.44. The number of hydrogen-bond donors (Lipinski definition) is 2. The molecule has 138 valence electrons. The zero-order valence-electron chi connectivity index (χ0n) is 15.3. The Hall–Kier alpha value is -2.53. The molecule has 5 nitrogen and oxygen atoms in total. The molecule has 0 saturated carbocycles. The van der Waals surface area contributed by atoms with Crippen LogP contribution in [0.4, 0.5) is 0 Å². The van der Waals surface area contributed by atoms with E-state index >= 15 is 0 Å². The molecule has 0 spiro atoms. The SMILES string of the molecule is CCNC(=NCc1ccccc1OCc1ccccc1)N1CC[C@@H](O)C1. The Kier molecular flexibility index (Phi) is 6.50. The number of aliphatic hydroxyl groups excluding tert-OH is 1. The largest absolute Gasteiger partial charge is 0.489 e. The maximum Gasteiger partial charge on any atom is 0.194 e. The zero-order valence-corrected chi connectivity index (χ0v) is 15.3. The van der Waals surface area contributed by atoms with Gasteiger partial charge < -0.3 is 20.1 Å². The molecule has 1 saturated heterocycles. The first-order valence-electron chi connectivity index (χ1n) is 9.22. The molecule has 5 heteroatoms. The highest BCUT2D eigenvalue weighted by molar-refractivity contribution is 5.80. The van der Waals surface area contributed by atoms with E-state index in [0.29, 0.717) is 19.7 Å². The maximum absolute atomic E-state index is 9.78. The Labute approximate surface area is 155 Å². The molecule has 2 aromatic rings. The van der Waals surface area contributed by atoms with Crippen molar-refractivity contribution in [1.82, 2.24) is 10.2 Å². The number of rotatable bonds is 6. The monoisotopic (exact) mass is 353 g/mol. The number of likely N-dealkylation sites (tertiary alicyclic amines) is 1. The summed E-state index contributed by atoms with van der Waals surface area (Å²) < 4.78 is 6.01. The molecule has 1 heterocycles. The fraction of sp³-hybridized carbons (Fsp3) is 0.381. The molecule has 0 amide bonds. The van der Waals surface area contributed by atoms with Gasteiger partial charge in [-0.1, -0.05) is 48.5 Å². The summed E-state index contributed by atoms with van der Waals surface area (Å²) in [5.41, 5.74) is 2.20. The average molecular weight is 353 g/mol. The van der Waals surface area contributed by atoms with Crippen molar-refractivity contribution in [3.05, 3.63) is 65.7 Å². The number of hydrogen-bond acceptors (Lipinski definition) is 3. The van der Waals surface area contributed by atoms with Crippen molar-refractivity contribution < 1.29 is 9.84 Å². The zero-order chi connectivity index (χ0) is 18.2. The van der Waals surface area contributed by atoms with E-state index in [9.17, 15) is 5.11 Å². The third-order valence-electron chi connectivity index (χ3n) is 4.41. The van der Waals surface area contributed by atoms with Crippen molar-refractivity contribution in [2.45, 2.75) is 32.6 Å². The normalized spacial score (nSPS) is 17.4. The number of β-amino-alcohol motifs (C(OH)–C–C–N with tert-alkyl or cyclic N) is 1. The fourth-order valence-electron chi connectivity index (χ4n) is 3.03. The number of ether oxygens (including phenoxy) is 1. The molecule has 0 aliphatic carbocycles. The smallest absolute Gasteiger partial charge is 0.194 e. The lowest BCUT2D eigenvalue weighted by molar-refractivity contribution is 0.188. The summed E-state index contributed by atoms with van der Waals surface area (Å²) >= 11 is 0. The van der Waals surface area contributed by atoms with E-state index in [-0.39, 0.29) is 6.10 Å². The number of guanidine groups is 1. The van der Waals surface area contributed by atoms with Crippen LogP contribution in [-0.4, -0.2) is 41.7 Å². The van der Waals surface area contributed by atoms with E-state index in [4.69, 9.17) is 9.73 Å². The van der Waals surface area contributed by atoms with Crippen LogP contribution < -0.4 is 10.1 Å². The van der Waals surface area contributed by atoms with E-state index < -0.39 is 0 Å². The summed E-state index contributed by atoms with van der Waals surface area (Å²) in [6, 6.07) is 18.2. The van der Waals surface area contributed by atoms with Gasteiger partial charge in [-0.3, -0.25) is 0 Å². The average Bonchev–Trinajstić information content (AvgIpc) is 3.11. The summed E-state index contributed by atoms with van der Waals surface area (Å²) in [7, 11) is 0. The highest BCUT2D eigenvalue weighted by atomic mass is 16.5. The Morgan fingerprint density at radius 2 is 1.96 bits per heavy atom. The number of benzene rings is 2. The molecule has 3 rings (SSSR count). The van der Waals surface area contributed by atoms with Crippen LogP contribution in [0.25, 0.3) is 0 Å². The lowest BCUT2D eigenvalue weighted by atomic mass is 10.2. The summed E-state index contributed by atoms with van der Waals surface area (Å²) in [6.07, 6.45) is 0.529. The van der Waals surface area contributed by atoms with Crippen molar-refractivity contribution in [3.8, 4) is 5.75 Å². The van der Waals surface area contributed by atoms with Crippen molar-refractivity contribution in [3.63, 3.8) is 0 Å². The van der Waals surface area contributed by atoms with E-state index in [0.717, 1.165) is 42.3 Å². The molecule has 2 N–H and O–H groups in total. The number of aliphatic imine (C=N–C) groups is 1. The van der Waals surface area contributed by atoms with Gasteiger partial charge in [-0.25, -0.2) is 4.99 Å². The van der Waals surface area contributed by atoms with Gasteiger partial charge >= 0.3 is 0 Å². The molecular formula is C21H27N3O2. The van der Waals surface area contributed by atoms with Crippen molar-refractivity contribution in [2.24, 2.45) is 4.99 Å². The topological polar surface area (TPSA) is 57.1 Å². The van der Waals surface area contributed by atoms with Crippen molar-refractivity contribution in [2.75, 3.05) is 19.6 Å². The van der Waals surface area contributed by atoms with E-state index in [1.54, 1.807) is 0 Å². The van der Waals surface area contributed by atoms with Gasteiger partial charge in [-0.15, -0.1) is 0 Å². The second kappa shape index (κ2) is 9.25. The van der Waals surface area contributed by atoms with Gasteiger partial charge in [0.15, 0.2) is 5.96 Å². The van der Waals surface area contributed by atoms with E-state index in [1.807, 2.05) is 42.5 Å². The van der Waals surface area contributed by atoms with E-state index in [2.05, 4.69) is 29.3 Å². The Bertz CT molecular complexity index is 718. The van der Waals surface area contributed by atoms with Crippen LogP contribution in [-0.2, 0) is 13.2 Å². The predicted octanol–water partition coefficient (Wildman–Crippen LogP) is 2.80. The van der Waals surface area contributed by atoms with Gasteiger partial charge in [0.05, 0.1) is 12.6 Å². The van der Waals surface area contributed by atoms with Gasteiger partial charge in [-0.05, 0) is 25.0 Å². The minimum Gasteiger partial charge on any atom is -0.489 e. The van der Waals surface area contributed by atoms with Gasteiger partial charge in [0.25, 0.3) is 0 Å². The summed E-state index contributed by atoms with van der Waals surface area (Å²) in [4.78, 5) is 6.87. The highest BCUT2D eigenvalue weighted by Gasteiger charge is 2.22. The molecule has 1 aliphatic heterocycles. The van der Waals surface area contributed by atoms with Gasteiger partial charge in [0.1, 0.15) is 12.4 Å². The molecule has 1 fully saturated rings. The molecule has 1 aliphatic rings. The first kappa shape index (κ1) is 18.3. The van der Waals surface area contributed by atoms with Crippen molar-refractivity contribution in [1.29, 1.82) is 0 Å². The predicted molar refractivity (Wildman–Crippen MR) is 104 cm³/mol. The third kappa shape index (κ3) is 4.99. The third-order valence-corrected chi connectivity index (χ3v) is 4.41. The summed E-state index contributed by atoms with van der Waals surface area (Å²) in [5.74, 6) is 1.71. The minimum absolute atomic E-state index is 0.264. The molecular weight excluding hydrogens is 326 g/mol. The summed E-state index contributed by atoms with van der Waals surface area (Å²) in [6.45, 7) is 5.41. The van der Waals surface area contributed by atoms with Crippen molar-refractivity contribution >= 4 is 5.96 Å². The van der Waals surface area contributed by atoms with Gasteiger partial charge in [-0.2, -0.15) is 0 Å². The quantitative estimate of drug-likeness (QED) is 0.619. The van der Waals surface area contributed by atoms with Crippen LogP contribution in [0.1, 0.15) is 24.5 Å². The van der Waals surface area contributed by atoms with Crippen LogP contribution in [0.2, 0.25) is 0 Å². The lowest BCUT2D eigenvalue weighted by Gasteiger charge is -2.21. The Balaban J connectivity index is 1.68.